The fraction of sp³-hybridized carbons (Fsp3) is 0.562. The number of unbranched alkanes of at least 4 members (excludes halogenated alkanes) is 5. The molecule has 1 aromatic rings. The third-order valence-corrected chi connectivity index (χ3v) is 3.03. The van der Waals surface area contributed by atoms with Crippen LogP contribution < -0.4 is 10.1 Å². The monoisotopic (exact) mass is 279 g/mol. The van der Waals surface area contributed by atoms with Gasteiger partial charge in [0.2, 0.25) is 0 Å². The van der Waals surface area contributed by atoms with E-state index < -0.39 is 6.09 Å². The van der Waals surface area contributed by atoms with Gasteiger partial charge in [-0.05, 0) is 18.6 Å². The summed E-state index contributed by atoms with van der Waals surface area (Å²) in [6, 6.07) is 7.34. The Balaban J connectivity index is 2.23. The molecule has 4 heteroatoms. The summed E-state index contributed by atoms with van der Waals surface area (Å²) in [4.78, 5) is 11.1. The summed E-state index contributed by atoms with van der Waals surface area (Å²) in [5, 5.41) is 2.62. The number of benzene rings is 1. The minimum Gasteiger partial charge on any atom is -0.494 e. The van der Waals surface area contributed by atoms with Gasteiger partial charge in [-0.1, -0.05) is 45.1 Å². The molecular weight excluding hydrogens is 254 g/mol. The van der Waals surface area contributed by atoms with E-state index >= 15 is 0 Å². The van der Waals surface area contributed by atoms with Gasteiger partial charge in [0.1, 0.15) is 5.75 Å². The van der Waals surface area contributed by atoms with Gasteiger partial charge in [0, 0.05) is 11.8 Å². The lowest BCUT2D eigenvalue weighted by Gasteiger charge is -2.08. The third-order valence-electron chi connectivity index (χ3n) is 3.03. The molecule has 0 heterocycles. The molecule has 1 amide bonds. The van der Waals surface area contributed by atoms with Crippen molar-refractivity contribution in [2.45, 2.75) is 45.4 Å². The second-order valence-electron chi connectivity index (χ2n) is 4.76. The van der Waals surface area contributed by atoms with Crippen molar-refractivity contribution in [2.75, 3.05) is 19.0 Å². The van der Waals surface area contributed by atoms with E-state index in [1.807, 2.05) is 12.1 Å². The molecule has 0 saturated carbocycles. The van der Waals surface area contributed by atoms with E-state index in [-0.39, 0.29) is 0 Å². The molecule has 0 aliphatic rings. The smallest absolute Gasteiger partial charge is 0.411 e. The first kappa shape index (κ1) is 16.3. The highest BCUT2D eigenvalue weighted by Gasteiger charge is 2.01. The van der Waals surface area contributed by atoms with Crippen LogP contribution in [0.2, 0.25) is 0 Å². The Hall–Kier alpha value is -1.71. The van der Waals surface area contributed by atoms with Crippen molar-refractivity contribution in [1.82, 2.24) is 0 Å². The number of carbonyl (C=O) groups excluding carboxylic acids is 1. The number of anilines is 1. The lowest BCUT2D eigenvalue weighted by molar-refractivity contribution is 0.187. The highest BCUT2D eigenvalue weighted by Crippen LogP contribution is 2.18. The van der Waals surface area contributed by atoms with Crippen LogP contribution in [-0.4, -0.2) is 19.8 Å². The van der Waals surface area contributed by atoms with Crippen molar-refractivity contribution in [3.05, 3.63) is 24.3 Å². The Labute approximate surface area is 121 Å². The number of nitrogens with one attached hydrogen (secondary N) is 1. The van der Waals surface area contributed by atoms with Crippen molar-refractivity contribution in [3.8, 4) is 5.75 Å². The highest BCUT2D eigenvalue weighted by atomic mass is 16.5. The topological polar surface area (TPSA) is 47.6 Å². The van der Waals surface area contributed by atoms with E-state index in [0.717, 1.165) is 12.2 Å². The van der Waals surface area contributed by atoms with E-state index in [0.29, 0.717) is 12.3 Å². The van der Waals surface area contributed by atoms with Gasteiger partial charge in [0.25, 0.3) is 0 Å². The molecule has 1 aromatic carbocycles. The predicted molar refractivity (Wildman–Crippen MR) is 81.3 cm³/mol. The quantitative estimate of drug-likeness (QED) is 0.672. The molecule has 0 aliphatic heterocycles. The van der Waals surface area contributed by atoms with E-state index in [4.69, 9.17) is 4.74 Å². The van der Waals surface area contributed by atoms with Gasteiger partial charge >= 0.3 is 6.09 Å². The predicted octanol–water partition coefficient (Wildman–Crippen LogP) is 4.60. The molecular formula is C16H25NO3. The zero-order valence-corrected chi connectivity index (χ0v) is 12.5. The number of methoxy groups -OCH3 is 1. The standard InChI is InChI=1S/C16H25NO3/c1-3-4-5-6-7-8-12-20-15-11-9-10-14(13-15)17-16(18)19-2/h9-11,13H,3-8,12H2,1-2H3,(H,17,18). The van der Waals surface area contributed by atoms with Gasteiger partial charge in [-0.15, -0.1) is 0 Å². The lowest BCUT2D eigenvalue weighted by Crippen LogP contribution is -2.10. The normalized spacial score (nSPS) is 10.1. The Morgan fingerprint density at radius 1 is 1.15 bits per heavy atom. The van der Waals surface area contributed by atoms with E-state index in [2.05, 4.69) is 17.0 Å². The number of rotatable bonds is 9. The SMILES string of the molecule is CCCCCCCCOc1cccc(NC(=O)OC)c1. The lowest BCUT2D eigenvalue weighted by atomic mass is 10.1. The summed E-state index contributed by atoms with van der Waals surface area (Å²) in [6.07, 6.45) is 6.99. The molecule has 20 heavy (non-hydrogen) atoms. The molecule has 0 aromatic heterocycles. The number of hydrogen-bond acceptors (Lipinski definition) is 3. The Bertz CT molecular complexity index is 393. The average molecular weight is 279 g/mol. The molecule has 112 valence electrons. The first-order valence-corrected chi connectivity index (χ1v) is 7.34. The fourth-order valence-corrected chi connectivity index (χ4v) is 1.90. The summed E-state index contributed by atoms with van der Waals surface area (Å²) in [7, 11) is 1.34. The Morgan fingerprint density at radius 2 is 1.90 bits per heavy atom. The first-order valence-electron chi connectivity index (χ1n) is 7.34. The molecule has 1 N–H and O–H groups in total. The maximum absolute atomic E-state index is 11.1. The Kier molecular flexibility index (Phi) is 8.27. The molecule has 0 aliphatic carbocycles. The van der Waals surface area contributed by atoms with E-state index in [9.17, 15) is 4.79 Å². The average Bonchev–Trinajstić information content (AvgIpc) is 2.46. The molecule has 0 atom stereocenters. The van der Waals surface area contributed by atoms with Gasteiger partial charge in [0.05, 0.1) is 13.7 Å². The van der Waals surface area contributed by atoms with Gasteiger partial charge in [0.15, 0.2) is 0 Å². The van der Waals surface area contributed by atoms with Crippen molar-refractivity contribution < 1.29 is 14.3 Å². The minimum atomic E-state index is -0.474. The second-order valence-corrected chi connectivity index (χ2v) is 4.76. The van der Waals surface area contributed by atoms with Crippen molar-refractivity contribution in [1.29, 1.82) is 0 Å². The van der Waals surface area contributed by atoms with Crippen LogP contribution in [0.15, 0.2) is 24.3 Å². The largest absolute Gasteiger partial charge is 0.494 e. The van der Waals surface area contributed by atoms with Crippen LogP contribution >= 0.6 is 0 Å². The minimum absolute atomic E-state index is 0.474. The zero-order chi connectivity index (χ0) is 14.6. The summed E-state index contributed by atoms with van der Waals surface area (Å²) < 4.78 is 10.2. The number of carbonyl (C=O) groups is 1. The van der Waals surface area contributed by atoms with Gasteiger partial charge < -0.3 is 9.47 Å². The van der Waals surface area contributed by atoms with Crippen LogP contribution in [0.25, 0.3) is 0 Å². The Morgan fingerprint density at radius 3 is 2.65 bits per heavy atom. The maximum atomic E-state index is 11.1. The highest BCUT2D eigenvalue weighted by molar-refractivity contribution is 5.84. The van der Waals surface area contributed by atoms with Crippen LogP contribution in [-0.2, 0) is 4.74 Å². The summed E-state index contributed by atoms with van der Waals surface area (Å²) in [5.74, 6) is 0.771. The van der Waals surface area contributed by atoms with Crippen molar-refractivity contribution in [2.24, 2.45) is 0 Å². The third kappa shape index (κ3) is 7.02. The maximum Gasteiger partial charge on any atom is 0.411 e. The fourth-order valence-electron chi connectivity index (χ4n) is 1.90. The van der Waals surface area contributed by atoms with Crippen molar-refractivity contribution in [3.63, 3.8) is 0 Å². The van der Waals surface area contributed by atoms with Crippen LogP contribution in [0.4, 0.5) is 10.5 Å². The van der Waals surface area contributed by atoms with E-state index in [1.54, 1.807) is 12.1 Å². The summed E-state index contributed by atoms with van der Waals surface area (Å²) in [5.41, 5.74) is 0.678. The van der Waals surface area contributed by atoms with Gasteiger partial charge in [-0.25, -0.2) is 4.79 Å². The molecule has 0 spiro atoms. The molecule has 4 nitrogen and oxygen atoms in total. The van der Waals surface area contributed by atoms with Crippen LogP contribution in [0.5, 0.6) is 5.75 Å². The first-order chi connectivity index (χ1) is 9.76. The van der Waals surface area contributed by atoms with Crippen LogP contribution in [0.3, 0.4) is 0 Å². The van der Waals surface area contributed by atoms with E-state index in [1.165, 1.54) is 39.2 Å². The van der Waals surface area contributed by atoms with Crippen LogP contribution in [0, 0.1) is 0 Å². The molecule has 0 unspecified atom stereocenters. The molecule has 0 bridgehead atoms. The van der Waals surface area contributed by atoms with Gasteiger partial charge in [-0.3, -0.25) is 5.32 Å². The zero-order valence-electron chi connectivity index (χ0n) is 12.5. The summed E-state index contributed by atoms with van der Waals surface area (Å²) in [6.45, 7) is 2.94. The molecule has 0 fully saturated rings. The molecule has 0 radical (unpaired) electrons. The summed E-state index contributed by atoms with van der Waals surface area (Å²) >= 11 is 0. The van der Waals surface area contributed by atoms with Crippen molar-refractivity contribution >= 4 is 11.8 Å². The molecule has 1 rings (SSSR count). The number of ether oxygens (including phenoxy) is 2. The molecule has 0 saturated heterocycles. The number of hydrogen-bond donors (Lipinski definition) is 1. The second kappa shape index (κ2) is 10.1. The number of amides is 1. The van der Waals surface area contributed by atoms with Gasteiger partial charge in [-0.2, -0.15) is 0 Å². The van der Waals surface area contributed by atoms with Crippen LogP contribution in [0.1, 0.15) is 45.4 Å².